The largest absolute Gasteiger partial charge is 0.446 e. The van der Waals surface area contributed by atoms with Gasteiger partial charge in [-0.15, -0.1) is 0 Å². The minimum Gasteiger partial charge on any atom is -0.446 e. The SMILES string of the molecule is Cc1nc(C(=O)N[C@H]2CCCCNC(=O)c3coc(n3)[C@@H](Cc3ccccc3)NC(=O)[C@H](C(C)C)NC2=O)c(C)[nH]1. The van der Waals surface area contributed by atoms with Crippen molar-refractivity contribution in [3.63, 3.8) is 0 Å². The van der Waals surface area contributed by atoms with E-state index in [0.717, 1.165) is 5.56 Å². The van der Waals surface area contributed by atoms with Crippen LogP contribution in [0.25, 0.3) is 0 Å². The van der Waals surface area contributed by atoms with Gasteiger partial charge >= 0.3 is 0 Å². The van der Waals surface area contributed by atoms with E-state index in [1.807, 2.05) is 44.2 Å². The predicted octanol–water partition coefficient (Wildman–Crippen LogP) is 2.27. The van der Waals surface area contributed by atoms with E-state index >= 15 is 0 Å². The van der Waals surface area contributed by atoms with Crippen LogP contribution in [0.1, 0.15) is 83.1 Å². The van der Waals surface area contributed by atoms with Crippen LogP contribution < -0.4 is 21.3 Å². The highest BCUT2D eigenvalue weighted by atomic mass is 16.3. The number of benzene rings is 1. The maximum atomic E-state index is 13.6. The zero-order chi connectivity index (χ0) is 29.5. The molecule has 4 amide bonds. The van der Waals surface area contributed by atoms with Crippen molar-refractivity contribution in [2.45, 2.75) is 71.5 Å². The number of fused-ring (bicyclic) bond motifs is 2. The first-order chi connectivity index (χ1) is 19.6. The fourth-order valence-corrected chi connectivity index (χ4v) is 4.74. The second-order valence-corrected chi connectivity index (χ2v) is 10.6. The van der Waals surface area contributed by atoms with Crippen molar-refractivity contribution in [1.29, 1.82) is 0 Å². The molecule has 0 saturated carbocycles. The van der Waals surface area contributed by atoms with E-state index in [0.29, 0.717) is 43.7 Å². The summed E-state index contributed by atoms with van der Waals surface area (Å²) >= 11 is 0. The van der Waals surface area contributed by atoms with E-state index in [1.165, 1.54) is 6.26 Å². The molecule has 2 aromatic heterocycles. The van der Waals surface area contributed by atoms with Gasteiger partial charge in [0.1, 0.15) is 35.9 Å². The van der Waals surface area contributed by atoms with Gasteiger partial charge in [0.2, 0.25) is 17.7 Å². The molecule has 1 aliphatic rings. The summed E-state index contributed by atoms with van der Waals surface area (Å²) in [5.74, 6) is -1.30. The van der Waals surface area contributed by atoms with Gasteiger partial charge in [-0.05, 0) is 44.6 Å². The number of imidazole rings is 1. The van der Waals surface area contributed by atoms with Crippen LogP contribution in [0.5, 0.6) is 0 Å². The van der Waals surface area contributed by atoms with Crippen LogP contribution in [-0.4, -0.2) is 57.2 Å². The van der Waals surface area contributed by atoms with Crippen LogP contribution in [0, 0.1) is 19.8 Å². The van der Waals surface area contributed by atoms with Crippen LogP contribution in [0.3, 0.4) is 0 Å². The Bertz CT molecular complexity index is 1380. The van der Waals surface area contributed by atoms with Gasteiger partial charge in [0.25, 0.3) is 11.8 Å². The molecule has 3 heterocycles. The molecule has 12 heteroatoms. The first-order valence-corrected chi connectivity index (χ1v) is 13.8. The van der Waals surface area contributed by atoms with Crippen molar-refractivity contribution in [3.8, 4) is 0 Å². The molecule has 0 aliphatic carbocycles. The van der Waals surface area contributed by atoms with E-state index in [2.05, 4.69) is 36.2 Å². The number of carbonyl (C=O) groups excluding carboxylic acids is 4. The number of H-pyrrole nitrogens is 1. The average Bonchev–Trinajstić information content (AvgIpc) is 3.56. The molecule has 12 nitrogen and oxygen atoms in total. The standard InChI is InChI=1S/C29H37N7O5/c1-16(2)23-27(39)34-21(14-19-10-6-5-7-11-19)29-35-22(15-41-29)25(37)30-13-9-8-12-20(26(38)36-23)33-28(40)24-17(3)31-18(4)32-24/h5-7,10-11,15-16,20-21,23H,8-9,12-14H2,1-4H3,(H,30,37)(H,31,32)(H,33,40)(H,34,39)(H,36,38)/t20-,21+,23-/m0/s1. The Morgan fingerprint density at radius 3 is 2.49 bits per heavy atom. The summed E-state index contributed by atoms with van der Waals surface area (Å²) in [5, 5.41) is 11.4. The minimum absolute atomic E-state index is 0.114. The summed E-state index contributed by atoms with van der Waals surface area (Å²) in [4.78, 5) is 64.4. The van der Waals surface area contributed by atoms with Gasteiger partial charge in [0, 0.05) is 18.7 Å². The van der Waals surface area contributed by atoms with Gasteiger partial charge in [0.05, 0.1) is 0 Å². The molecule has 3 aromatic rings. The summed E-state index contributed by atoms with van der Waals surface area (Å²) in [5.41, 5.74) is 1.84. The van der Waals surface area contributed by atoms with Gasteiger partial charge in [-0.2, -0.15) is 0 Å². The molecular weight excluding hydrogens is 526 g/mol. The number of aryl methyl sites for hydroxylation is 2. The monoisotopic (exact) mass is 563 g/mol. The Kier molecular flexibility index (Phi) is 9.53. The summed E-state index contributed by atoms with van der Waals surface area (Å²) in [6.07, 6.45) is 3.01. The predicted molar refractivity (Wildman–Crippen MR) is 150 cm³/mol. The van der Waals surface area contributed by atoms with Crippen LogP contribution in [0.4, 0.5) is 0 Å². The quantitative estimate of drug-likeness (QED) is 0.317. The molecule has 218 valence electrons. The van der Waals surface area contributed by atoms with Crippen LogP contribution in [-0.2, 0) is 16.0 Å². The molecule has 0 unspecified atom stereocenters. The summed E-state index contributed by atoms with van der Waals surface area (Å²) < 4.78 is 5.65. The molecule has 0 fully saturated rings. The Hall–Kier alpha value is -4.48. The van der Waals surface area contributed by atoms with Gasteiger partial charge in [-0.1, -0.05) is 44.2 Å². The number of nitrogens with zero attached hydrogens (tertiary/aromatic N) is 2. The number of aromatic nitrogens is 3. The molecule has 4 rings (SSSR count). The normalized spacial score (nSPS) is 20.7. The Morgan fingerprint density at radius 1 is 1.05 bits per heavy atom. The first-order valence-electron chi connectivity index (χ1n) is 13.8. The van der Waals surface area contributed by atoms with Gasteiger partial charge in [-0.25, -0.2) is 9.97 Å². The lowest BCUT2D eigenvalue weighted by atomic mass is 10.00. The van der Waals surface area contributed by atoms with E-state index in [1.54, 1.807) is 13.8 Å². The van der Waals surface area contributed by atoms with E-state index in [9.17, 15) is 19.2 Å². The first kappa shape index (κ1) is 29.5. The fourth-order valence-electron chi connectivity index (χ4n) is 4.74. The number of hydrogen-bond donors (Lipinski definition) is 5. The van der Waals surface area contributed by atoms with Crippen molar-refractivity contribution in [2.24, 2.45) is 5.92 Å². The third kappa shape index (κ3) is 7.59. The number of hydrogen-bond acceptors (Lipinski definition) is 7. The molecule has 5 N–H and O–H groups in total. The molecule has 0 radical (unpaired) electrons. The summed E-state index contributed by atoms with van der Waals surface area (Å²) in [7, 11) is 0. The molecular formula is C29H37N7O5. The number of nitrogens with one attached hydrogen (secondary N) is 5. The topological polar surface area (TPSA) is 171 Å². The molecule has 1 aliphatic heterocycles. The zero-order valence-electron chi connectivity index (χ0n) is 23.7. The molecule has 0 spiro atoms. The third-order valence-electron chi connectivity index (χ3n) is 6.94. The lowest BCUT2D eigenvalue weighted by molar-refractivity contribution is -0.131. The Balaban J connectivity index is 1.60. The van der Waals surface area contributed by atoms with Crippen molar-refractivity contribution < 1.29 is 23.6 Å². The maximum Gasteiger partial charge on any atom is 0.273 e. The number of oxazole rings is 1. The Labute approximate surface area is 238 Å². The highest BCUT2D eigenvalue weighted by Gasteiger charge is 2.32. The molecule has 2 bridgehead atoms. The lowest BCUT2D eigenvalue weighted by Gasteiger charge is -2.27. The third-order valence-corrected chi connectivity index (χ3v) is 6.94. The molecule has 1 aromatic carbocycles. The number of amides is 4. The van der Waals surface area contributed by atoms with E-state index in [4.69, 9.17) is 4.42 Å². The summed E-state index contributed by atoms with van der Waals surface area (Å²) in [6, 6.07) is 6.99. The summed E-state index contributed by atoms with van der Waals surface area (Å²) in [6.45, 7) is 7.48. The lowest BCUT2D eigenvalue weighted by Crippen LogP contribution is -2.56. The molecule has 41 heavy (non-hydrogen) atoms. The van der Waals surface area contributed by atoms with Crippen LogP contribution in [0.2, 0.25) is 0 Å². The average molecular weight is 564 g/mol. The number of aromatic amines is 1. The zero-order valence-corrected chi connectivity index (χ0v) is 23.7. The van der Waals surface area contributed by atoms with Gasteiger partial charge in [-0.3, -0.25) is 19.2 Å². The molecule has 3 atom stereocenters. The van der Waals surface area contributed by atoms with Crippen LogP contribution in [0.15, 0.2) is 41.0 Å². The highest BCUT2D eigenvalue weighted by Crippen LogP contribution is 2.20. The van der Waals surface area contributed by atoms with Gasteiger partial charge in [0.15, 0.2) is 5.69 Å². The van der Waals surface area contributed by atoms with Crippen molar-refractivity contribution in [3.05, 3.63) is 71.0 Å². The smallest absolute Gasteiger partial charge is 0.273 e. The van der Waals surface area contributed by atoms with Crippen molar-refractivity contribution in [2.75, 3.05) is 6.54 Å². The minimum atomic E-state index is -0.914. The fraction of sp³-hybridized carbons (Fsp3) is 0.448. The van der Waals surface area contributed by atoms with Crippen molar-refractivity contribution >= 4 is 23.6 Å². The Morgan fingerprint density at radius 2 is 1.80 bits per heavy atom. The van der Waals surface area contributed by atoms with Crippen LogP contribution >= 0.6 is 0 Å². The van der Waals surface area contributed by atoms with E-state index in [-0.39, 0.29) is 23.2 Å². The van der Waals surface area contributed by atoms with Gasteiger partial charge < -0.3 is 30.7 Å². The second-order valence-electron chi connectivity index (χ2n) is 10.6. The second kappa shape index (κ2) is 13.2. The highest BCUT2D eigenvalue weighted by molar-refractivity contribution is 5.98. The van der Waals surface area contributed by atoms with Crippen molar-refractivity contribution in [1.82, 2.24) is 36.2 Å². The van der Waals surface area contributed by atoms with E-state index < -0.39 is 41.8 Å². The maximum absolute atomic E-state index is 13.6. The molecule has 0 saturated heterocycles. The number of rotatable bonds is 5. The number of carbonyl (C=O) groups is 4.